The summed E-state index contributed by atoms with van der Waals surface area (Å²) < 4.78 is 0. The van der Waals surface area contributed by atoms with Gasteiger partial charge in [0.2, 0.25) is 0 Å². The molecule has 0 saturated carbocycles. The highest BCUT2D eigenvalue weighted by molar-refractivity contribution is 5.90. The first-order chi connectivity index (χ1) is 9.00. The first-order valence-corrected chi connectivity index (χ1v) is 6.08. The molecule has 4 nitrogen and oxygen atoms in total. The van der Waals surface area contributed by atoms with Crippen LogP contribution in [-0.2, 0) is 16.8 Å². The predicted octanol–water partition coefficient (Wildman–Crippen LogP) is 1.65. The van der Waals surface area contributed by atoms with Crippen molar-refractivity contribution in [2.75, 3.05) is 5.73 Å². The summed E-state index contributed by atoms with van der Waals surface area (Å²) in [7, 11) is 0. The van der Waals surface area contributed by atoms with Gasteiger partial charge in [-0.05, 0) is 30.2 Å². The van der Waals surface area contributed by atoms with E-state index >= 15 is 0 Å². The zero-order chi connectivity index (χ0) is 13.9. The van der Waals surface area contributed by atoms with Crippen molar-refractivity contribution >= 4 is 11.6 Å². The number of nitrogen functional groups attached to an aromatic ring is 1. The molecule has 0 bridgehead atoms. The Balaban J connectivity index is 2.20. The number of anilines is 1. The number of nitrogens with two attached hydrogens (primary N) is 2. The minimum Gasteiger partial charge on any atom is -0.384 e. The van der Waals surface area contributed by atoms with Crippen LogP contribution in [0.5, 0.6) is 0 Å². The maximum Gasteiger partial charge on any atom is 0.161 e. The van der Waals surface area contributed by atoms with Gasteiger partial charge in [-0.25, -0.2) is 4.98 Å². The van der Waals surface area contributed by atoms with E-state index in [1.54, 1.807) is 25.3 Å². The van der Waals surface area contributed by atoms with Gasteiger partial charge in [0.15, 0.2) is 5.78 Å². The molecule has 19 heavy (non-hydrogen) atoms. The summed E-state index contributed by atoms with van der Waals surface area (Å²) >= 11 is 0. The van der Waals surface area contributed by atoms with Gasteiger partial charge in [-0.1, -0.05) is 30.3 Å². The molecule has 1 aromatic carbocycles. The minimum atomic E-state index is -1.00. The highest BCUT2D eigenvalue weighted by Gasteiger charge is 2.29. The van der Waals surface area contributed by atoms with Crippen LogP contribution in [-0.4, -0.2) is 10.8 Å². The normalized spacial score (nSPS) is 13.8. The number of pyridine rings is 1. The van der Waals surface area contributed by atoms with Crippen LogP contribution < -0.4 is 11.5 Å². The Kier molecular flexibility index (Phi) is 3.62. The number of aromatic nitrogens is 1. The summed E-state index contributed by atoms with van der Waals surface area (Å²) in [5.74, 6) is 0.355. The van der Waals surface area contributed by atoms with Crippen molar-refractivity contribution in [2.45, 2.75) is 18.9 Å². The number of hydrogen-bond acceptors (Lipinski definition) is 4. The molecule has 2 aromatic rings. The van der Waals surface area contributed by atoms with E-state index in [0.717, 1.165) is 11.1 Å². The summed E-state index contributed by atoms with van der Waals surface area (Å²) in [4.78, 5) is 16.3. The largest absolute Gasteiger partial charge is 0.384 e. The number of benzene rings is 1. The maximum absolute atomic E-state index is 12.4. The quantitative estimate of drug-likeness (QED) is 0.870. The minimum absolute atomic E-state index is 0.0516. The van der Waals surface area contributed by atoms with Crippen molar-refractivity contribution in [1.82, 2.24) is 4.98 Å². The molecule has 4 heteroatoms. The van der Waals surface area contributed by atoms with Crippen molar-refractivity contribution in [1.29, 1.82) is 0 Å². The molecule has 0 aliphatic carbocycles. The molecule has 0 amide bonds. The molecule has 0 aliphatic rings. The second-order valence-corrected chi connectivity index (χ2v) is 4.76. The summed E-state index contributed by atoms with van der Waals surface area (Å²) in [6.07, 6.45) is 1.84. The summed E-state index contributed by atoms with van der Waals surface area (Å²) in [5.41, 5.74) is 12.4. The average molecular weight is 255 g/mol. The lowest BCUT2D eigenvalue weighted by molar-refractivity contribution is -0.123. The third-order valence-electron chi connectivity index (χ3n) is 3.16. The average Bonchev–Trinajstić information content (AvgIpc) is 2.39. The molecule has 1 atom stereocenters. The molecule has 0 radical (unpaired) electrons. The van der Waals surface area contributed by atoms with Crippen molar-refractivity contribution in [3.63, 3.8) is 0 Å². The number of rotatable bonds is 4. The fraction of sp³-hybridized carbons (Fsp3) is 0.200. The molecule has 1 unspecified atom stereocenters. The Bertz CT molecular complexity index is 579. The molecule has 0 saturated heterocycles. The second kappa shape index (κ2) is 5.20. The summed E-state index contributed by atoms with van der Waals surface area (Å²) in [6, 6.07) is 12.8. The molecule has 1 heterocycles. The lowest BCUT2D eigenvalue weighted by atomic mass is 9.86. The van der Waals surface area contributed by atoms with Gasteiger partial charge in [-0.3, -0.25) is 4.79 Å². The van der Waals surface area contributed by atoms with Crippen molar-refractivity contribution < 1.29 is 4.79 Å². The standard InChI is InChI=1S/C15H17N3O/c1-15(17,12-5-3-2-4-6-12)13(19)9-11-7-8-18-14(16)10-11/h2-8,10H,9,17H2,1H3,(H2,16,18). The second-order valence-electron chi connectivity index (χ2n) is 4.76. The van der Waals surface area contributed by atoms with Crippen molar-refractivity contribution in [3.8, 4) is 0 Å². The zero-order valence-electron chi connectivity index (χ0n) is 10.8. The molecule has 2 rings (SSSR count). The molecule has 0 spiro atoms. The van der Waals surface area contributed by atoms with Gasteiger partial charge in [0.1, 0.15) is 5.82 Å². The molecular weight excluding hydrogens is 238 g/mol. The monoisotopic (exact) mass is 255 g/mol. The smallest absolute Gasteiger partial charge is 0.161 e. The molecule has 0 fully saturated rings. The van der Waals surface area contributed by atoms with E-state index < -0.39 is 5.54 Å². The number of Topliss-reactive ketones (excluding diaryl/α,β-unsaturated/α-hetero) is 1. The van der Waals surface area contributed by atoms with E-state index in [1.807, 2.05) is 30.3 Å². The maximum atomic E-state index is 12.4. The van der Waals surface area contributed by atoms with Crippen molar-refractivity contribution in [3.05, 3.63) is 59.8 Å². The molecular formula is C15H17N3O. The van der Waals surface area contributed by atoms with Crippen LogP contribution in [0, 0.1) is 0 Å². The number of carbonyl (C=O) groups is 1. The lowest BCUT2D eigenvalue weighted by Gasteiger charge is -2.23. The van der Waals surface area contributed by atoms with E-state index in [-0.39, 0.29) is 12.2 Å². The summed E-state index contributed by atoms with van der Waals surface area (Å²) in [5, 5.41) is 0. The Morgan fingerprint density at radius 3 is 2.58 bits per heavy atom. The fourth-order valence-corrected chi connectivity index (χ4v) is 1.92. The van der Waals surface area contributed by atoms with Crippen LogP contribution in [0.15, 0.2) is 48.7 Å². The van der Waals surface area contributed by atoms with E-state index in [4.69, 9.17) is 11.5 Å². The number of carbonyl (C=O) groups excluding carboxylic acids is 1. The van der Waals surface area contributed by atoms with Crippen molar-refractivity contribution in [2.24, 2.45) is 5.73 Å². The Morgan fingerprint density at radius 2 is 1.95 bits per heavy atom. The van der Waals surface area contributed by atoms with Gasteiger partial charge in [-0.15, -0.1) is 0 Å². The van der Waals surface area contributed by atoms with Gasteiger partial charge in [0, 0.05) is 12.6 Å². The van der Waals surface area contributed by atoms with Gasteiger partial charge in [-0.2, -0.15) is 0 Å². The number of nitrogens with zero attached hydrogens (tertiary/aromatic N) is 1. The van der Waals surface area contributed by atoms with Crippen LogP contribution in [0.4, 0.5) is 5.82 Å². The summed E-state index contributed by atoms with van der Waals surface area (Å²) in [6.45, 7) is 1.73. The number of hydrogen-bond donors (Lipinski definition) is 2. The highest BCUT2D eigenvalue weighted by atomic mass is 16.1. The van der Waals surface area contributed by atoms with Crippen LogP contribution in [0.3, 0.4) is 0 Å². The predicted molar refractivity (Wildman–Crippen MR) is 75.3 cm³/mol. The van der Waals surface area contributed by atoms with Gasteiger partial charge in [0.05, 0.1) is 5.54 Å². The Morgan fingerprint density at radius 1 is 1.26 bits per heavy atom. The molecule has 0 aliphatic heterocycles. The zero-order valence-corrected chi connectivity index (χ0v) is 10.8. The Hall–Kier alpha value is -2.20. The first kappa shape index (κ1) is 13.2. The van der Waals surface area contributed by atoms with Crippen LogP contribution >= 0.6 is 0 Å². The van der Waals surface area contributed by atoms with Crippen LogP contribution in [0.1, 0.15) is 18.1 Å². The highest BCUT2D eigenvalue weighted by Crippen LogP contribution is 2.20. The molecule has 1 aromatic heterocycles. The number of ketones is 1. The molecule has 98 valence electrons. The SMILES string of the molecule is CC(N)(C(=O)Cc1ccnc(N)c1)c1ccccc1. The van der Waals surface area contributed by atoms with Gasteiger partial charge < -0.3 is 11.5 Å². The van der Waals surface area contributed by atoms with Gasteiger partial charge in [0.25, 0.3) is 0 Å². The van der Waals surface area contributed by atoms with Crippen LogP contribution in [0.25, 0.3) is 0 Å². The topological polar surface area (TPSA) is 82.0 Å². The van der Waals surface area contributed by atoms with E-state index in [9.17, 15) is 4.79 Å². The van der Waals surface area contributed by atoms with E-state index in [0.29, 0.717) is 5.82 Å². The van der Waals surface area contributed by atoms with Gasteiger partial charge >= 0.3 is 0 Å². The molecule has 4 N–H and O–H groups in total. The fourth-order valence-electron chi connectivity index (χ4n) is 1.92. The lowest BCUT2D eigenvalue weighted by Crippen LogP contribution is -2.42. The third kappa shape index (κ3) is 2.98. The van der Waals surface area contributed by atoms with E-state index in [1.165, 1.54) is 0 Å². The third-order valence-corrected chi connectivity index (χ3v) is 3.16. The van der Waals surface area contributed by atoms with Crippen LogP contribution in [0.2, 0.25) is 0 Å². The Labute approximate surface area is 112 Å². The van der Waals surface area contributed by atoms with E-state index in [2.05, 4.69) is 4.98 Å². The first-order valence-electron chi connectivity index (χ1n) is 6.08.